The first-order valence-corrected chi connectivity index (χ1v) is 7.85. The molecule has 2 aromatic rings. The summed E-state index contributed by atoms with van der Waals surface area (Å²) in [4.78, 5) is 12.2. The van der Waals surface area contributed by atoms with Gasteiger partial charge in [-0.15, -0.1) is 0 Å². The number of hydrogen-bond donors (Lipinski definition) is 1. The van der Waals surface area contributed by atoms with E-state index in [0.29, 0.717) is 5.70 Å². The molecule has 0 fully saturated rings. The predicted octanol–water partition coefficient (Wildman–Crippen LogP) is 3.84. The Bertz CT molecular complexity index is 746. The van der Waals surface area contributed by atoms with E-state index in [-0.39, 0.29) is 18.2 Å². The molecule has 1 atom stereocenters. The van der Waals surface area contributed by atoms with Crippen molar-refractivity contribution in [3.05, 3.63) is 77.4 Å². The molecule has 4 heteroatoms. The normalized spacial score (nSPS) is 12.5. The zero-order valence-electron chi connectivity index (χ0n) is 13.8. The van der Waals surface area contributed by atoms with Crippen LogP contribution in [0, 0.1) is 11.3 Å². The van der Waals surface area contributed by atoms with E-state index in [9.17, 15) is 10.1 Å². The molecule has 0 aliphatic rings. The van der Waals surface area contributed by atoms with E-state index in [0.717, 1.165) is 11.1 Å². The minimum atomic E-state index is -0.619. The molecule has 1 unspecified atom stereocenters. The molecule has 1 N–H and O–H groups in total. The number of carbonyl (C=O) groups excluding carboxylic acids is 1. The molecule has 2 rings (SSSR count). The van der Waals surface area contributed by atoms with Crippen molar-refractivity contribution in [2.45, 2.75) is 19.9 Å². The minimum Gasteiger partial charge on any atom is -0.462 e. The Kier molecular flexibility index (Phi) is 6.16. The molecule has 0 bridgehead atoms. The number of hydrogen-bond acceptors (Lipinski definition) is 4. The van der Waals surface area contributed by atoms with E-state index in [4.69, 9.17) is 4.74 Å². The fourth-order valence-electron chi connectivity index (χ4n) is 2.35. The predicted molar refractivity (Wildman–Crippen MR) is 93.6 cm³/mol. The van der Waals surface area contributed by atoms with Crippen molar-refractivity contribution < 1.29 is 9.53 Å². The van der Waals surface area contributed by atoms with Crippen LogP contribution < -0.4 is 5.32 Å². The lowest BCUT2D eigenvalue weighted by Crippen LogP contribution is -2.21. The van der Waals surface area contributed by atoms with Gasteiger partial charge in [0.2, 0.25) is 0 Å². The van der Waals surface area contributed by atoms with Crippen LogP contribution in [0.5, 0.6) is 0 Å². The summed E-state index contributed by atoms with van der Waals surface area (Å²) < 4.78 is 5.03. The van der Waals surface area contributed by atoms with Crippen molar-refractivity contribution in [2.24, 2.45) is 0 Å². The average molecular weight is 320 g/mol. The summed E-state index contributed by atoms with van der Waals surface area (Å²) in [5.41, 5.74) is 2.29. The summed E-state index contributed by atoms with van der Waals surface area (Å²) in [7, 11) is 0. The number of benzene rings is 2. The lowest BCUT2D eigenvalue weighted by molar-refractivity contribution is -0.137. The topological polar surface area (TPSA) is 62.1 Å². The van der Waals surface area contributed by atoms with Gasteiger partial charge in [0.05, 0.1) is 12.3 Å². The van der Waals surface area contributed by atoms with Gasteiger partial charge in [0.1, 0.15) is 6.07 Å². The van der Waals surface area contributed by atoms with Gasteiger partial charge in [-0.05, 0) is 25.0 Å². The molecule has 0 heterocycles. The molecular formula is C20H20N2O2. The Morgan fingerprint density at radius 3 is 2.25 bits per heavy atom. The lowest BCUT2D eigenvalue weighted by atomic mass is 10.0. The molecule has 2 aromatic carbocycles. The highest BCUT2D eigenvalue weighted by Gasteiger charge is 2.20. The zero-order valence-corrected chi connectivity index (χ0v) is 13.8. The molecule has 0 radical (unpaired) electrons. The number of carbonyl (C=O) groups is 1. The molecule has 0 aromatic heterocycles. The second-order valence-corrected chi connectivity index (χ2v) is 5.23. The van der Waals surface area contributed by atoms with E-state index < -0.39 is 5.97 Å². The maximum Gasteiger partial charge on any atom is 0.351 e. The summed E-state index contributed by atoms with van der Waals surface area (Å²) in [6, 6.07) is 21.1. The van der Waals surface area contributed by atoms with Gasteiger partial charge in [0.25, 0.3) is 0 Å². The fourth-order valence-corrected chi connectivity index (χ4v) is 2.35. The van der Waals surface area contributed by atoms with Gasteiger partial charge in [0.15, 0.2) is 5.57 Å². The van der Waals surface area contributed by atoms with E-state index in [2.05, 4.69) is 5.32 Å². The highest BCUT2D eigenvalue weighted by molar-refractivity contribution is 6.01. The van der Waals surface area contributed by atoms with E-state index >= 15 is 0 Å². The molecule has 0 aliphatic carbocycles. The number of ether oxygens (including phenoxy) is 1. The summed E-state index contributed by atoms with van der Waals surface area (Å²) in [5, 5.41) is 12.8. The number of esters is 1. The third kappa shape index (κ3) is 4.23. The monoisotopic (exact) mass is 320 g/mol. The average Bonchev–Trinajstić information content (AvgIpc) is 2.63. The number of nitrogens with one attached hydrogen (secondary N) is 1. The molecule has 0 spiro atoms. The smallest absolute Gasteiger partial charge is 0.351 e. The van der Waals surface area contributed by atoms with Crippen molar-refractivity contribution in [1.82, 2.24) is 5.32 Å². The van der Waals surface area contributed by atoms with Crippen LogP contribution in [0.3, 0.4) is 0 Å². The van der Waals surface area contributed by atoms with Gasteiger partial charge in [-0.2, -0.15) is 5.26 Å². The first kappa shape index (κ1) is 17.3. The Balaban J connectivity index is 2.44. The Labute approximate surface area is 142 Å². The van der Waals surface area contributed by atoms with Gasteiger partial charge >= 0.3 is 5.97 Å². The molecule has 24 heavy (non-hydrogen) atoms. The van der Waals surface area contributed by atoms with Gasteiger partial charge < -0.3 is 10.1 Å². The molecule has 0 aliphatic heterocycles. The van der Waals surface area contributed by atoms with Gasteiger partial charge in [-0.1, -0.05) is 60.7 Å². The van der Waals surface area contributed by atoms with Crippen LogP contribution in [0.2, 0.25) is 0 Å². The van der Waals surface area contributed by atoms with Crippen LogP contribution in [0.25, 0.3) is 5.70 Å². The zero-order chi connectivity index (χ0) is 17.4. The highest BCUT2D eigenvalue weighted by Crippen LogP contribution is 2.22. The van der Waals surface area contributed by atoms with Crippen molar-refractivity contribution in [1.29, 1.82) is 5.26 Å². The molecular weight excluding hydrogens is 300 g/mol. The SMILES string of the molecule is CCOC(=O)/C(C#N)=C(\NC(C)c1ccccc1)c1ccccc1. The second-order valence-electron chi connectivity index (χ2n) is 5.23. The highest BCUT2D eigenvalue weighted by atomic mass is 16.5. The third-order valence-electron chi connectivity index (χ3n) is 3.56. The van der Waals surface area contributed by atoms with Gasteiger partial charge in [0, 0.05) is 6.04 Å². The minimum absolute atomic E-state index is 0.0224. The van der Waals surface area contributed by atoms with E-state index in [1.165, 1.54) is 0 Å². The third-order valence-corrected chi connectivity index (χ3v) is 3.56. The Morgan fingerprint density at radius 2 is 1.71 bits per heavy atom. The fraction of sp³-hybridized carbons (Fsp3) is 0.200. The largest absolute Gasteiger partial charge is 0.462 e. The number of nitrogens with zero attached hydrogens (tertiary/aromatic N) is 1. The molecule has 4 nitrogen and oxygen atoms in total. The summed E-state index contributed by atoms with van der Waals surface area (Å²) in [5.74, 6) is -0.619. The number of rotatable bonds is 6. The second kappa shape index (κ2) is 8.54. The maximum atomic E-state index is 12.2. The maximum absolute atomic E-state index is 12.2. The van der Waals surface area contributed by atoms with Crippen LogP contribution in [-0.4, -0.2) is 12.6 Å². The van der Waals surface area contributed by atoms with Gasteiger partial charge in [-0.25, -0.2) is 4.79 Å². The van der Waals surface area contributed by atoms with Crippen molar-refractivity contribution >= 4 is 11.7 Å². The molecule has 0 amide bonds. The van der Waals surface area contributed by atoms with Crippen molar-refractivity contribution in [2.75, 3.05) is 6.61 Å². The quantitative estimate of drug-likeness (QED) is 0.499. The Morgan fingerprint density at radius 1 is 1.12 bits per heavy atom. The van der Waals surface area contributed by atoms with Crippen LogP contribution in [0.1, 0.15) is 31.0 Å². The molecule has 122 valence electrons. The first-order valence-electron chi connectivity index (χ1n) is 7.85. The number of nitriles is 1. The molecule has 0 saturated heterocycles. The standard InChI is InChI=1S/C20H20N2O2/c1-3-24-20(23)18(14-21)19(17-12-8-5-9-13-17)22-15(2)16-10-6-4-7-11-16/h4-13,15,22H,3H2,1-2H3/b19-18-. The van der Waals surface area contributed by atoms with E-state index in [1.54, 1.807) is 6.92 Å². The van der Waals surface area contributed by atoms with Crippen molar-refractivity contribution in [3.8, 4) is 6.07 Å². The van der Waals surface area contributed by atoms with Crippen LogP contribution >= 0.6 is 0 Å². The van der Waals surface area contributed by atoms with E-state index in [1.807, 2.05) is 73.7 Å². The first-order chi connectivity index (χ1) is 11.7. The van der Waals surface area contributed by atoms with Crippen molar-refractivity contribution in [3.63, 3.8) is 0 Å². The van der Waals surface area contributed by atoms with Crippen LogP contribution in [-0.2, 0) is 9.53 Å². The summed E-state index contributed by atoms with van der Waals surface area (Å²) in [6.07, 6.45) is 0. The summed E-state index contributed by atoms with van der Waals surface area (Å²) >= 11 is 0. The lowest BCUT2D eigenvalue weighted by Gasteiger charge is -2.20. The molecule has 0 saturated carbocycles. The Hall–Kier alpha value is -3.06. The van der Waals surface area contributed by atoms with Gasteiger partial charge in [-0.3, -0.25) is 0 Å². The van der Waals surface area contributed by atoms with Crippen LogP contribution in [0.15, 0.2) is 66.2 Å². The summed E-state index contributed by atoms with van der Waals surface area (Å²) in [6.45, 7) is 3.92. The van der Waals surface area contributed by atoms with Crippen LogP contribution in [0.4, 0.5) is 0 Å².